The second-order valence-corrected chi connectivity index (χ2v) is 2.51. The summed E-state index contributed by atoms with van der Waals surface area (Å²) in [5, 5.41) is 14.2. The number of hydrogen-bond donors (Lipinski definition) is 3. The largest absolute Gasteiger partial charge is 0.392 e. The maximum atomic E-state index is 10.8. The third-order valence-electron chi connectivity index (χ3n) is 1.20. The van der Waals surface area contributed by atoms with E-state index in [2.05, 4.69) is 10.6 Å². The van der Waals surface area contributed by atoms with Gasteiger partial charge in [-0.05, 0) is 14.0 Å². The van der Waals surface area contributed by atoms with E-state index in [9.17, 15) is 4.79 Å². The van der Waals surface area contributed by atoms with E-state index in [1.54, 1.807) is 14.0 Å². The molecule has 0 radical (unpaired) electrons. The minimum absolute atomic E-state index is 0.0275. The Morgan fingerprint density at radius 3 is 2.73 bits per heavy atom. The third-order valence-corrected chi connectivity index (χ3v) is 1.20. The monoisotopic (exact) mass is 160 g/mol. The van der Waals surface area contributed by atoms with E-state index in [0.717, 1.165) is 0 Å². The van der Waals surface area contributed by atoms with Crippen LogP contribution >= 0.6 is 0 Å². The summed E-state index contributed by atoms with van der Waals surface area (Å²) in [5.41, 5.74) is 0. The van der Waals surface area contributed by atoms with Gasteiger partial charge in [0.1, 0.15) is 0 Å². The highest BCUT2D eigenvalue weighted by Gasteiger charge is 2.00. The van der Waals surface area contributed by atoms with Crippen LogP contribution in [0.2, 0.25) is 0 Å². The lowest BCUT2D eigenvalue weighted by Gasteiger charge is -2.06. The zero-order valence-electron chi connectivity index (χ0n) is 7.05. The van der Waals surface area contributed by atoms with Gasteiger partial charge in [-0.1, -0.05) is 0 Å². The van der Waals surface area contributed by atoms with Gasteiger partial charge < -0.3 is 15.7 Å². The highest BCUT2D eigenvalue weighted by Crippen LogP contribution is 1.79. The molecule has 0 fully saturated rings. The van der Waals surface area contributed by atoms with E-state index in [4.69, 9.17) is 5.11 Å². The quantitative estimate of drug-likeness (QED) is 0.488. The fourth-order valence-corrected chi connectivity index (χ4v) is 0.588. The second-order valence-electron chi connectivity index (χ2n) is 2.51. The average Bonchev–Trinajstić information content (AvgIpc) is 1.97. The molecule has 0 saturated heterocycles. The summed E-state index contributed by atoms with van der Waals surface area (Å²) in [4.78, 5) is 10.8. The molecule has 0 saturated carbocycles. The maximum absolute atomic E-state index is 10.8. The van der Waals surface area contributed by atoms with Crippen LogP contribution in [-0.2, 0) is 4.79 Å². The normalized spacial score (nSPS) is 12.6. The Morgan fingerprint density at radius 1 is 1.64 bits per heavy atom. The standard InChI is InChI=1S/C7H16N2O2/c1-6(10)5-9-7(11)3-4-8-2/h6,8,10H,3-5H2,1-2H3,(H,9,11)/t6-/m1/s1. The van der Waals surface area contributed by atoms with E-state index >= 15 is 0 Å². The van der Waals surface area contributed by atoms with Crippen LogP contribution in [0.4, 0.5) is 0 Å². The summed E-state index contributed by atoms with van der Waals surface area (Å²) in [5.74, 6) is -0.0275. The minimum atomic E-state index is -0.464. The molecule has 4 heteroatoms. The molecule has 0 aromatic rings. The number of carbonyl (C=O) groups excluding carboxylic acids is 1. The molecule has 0 aliphatic rings. The van der Waals surface area contributed by atoms with Crippen LogP contribution in [-0.4, -0.2) is 37.3 Å². The molecule has 11 heavy (non-hydrogen) atoms. The van der Waals surface area contributed by atoms with Crippen LogP contribution in [0.25, 0.3) is 0 Å². The van der Waals surface area contributed by atoms with Gasteiger partial charge in [0.2, 0.25) is 5.91 Å². The van der Waals surface area contributed by atoms with E-state index < -0.39 is 6.10 Å². The first-order valence-electron chi connectivity index (χ1n) is 3.76. The van der Waals surface area contributed by atoms with E-state index in [-0.39, 0.29) is 5.91 Å². The summed E-state index contributed by atoms with van der Waals surface area (Å²) in [6.45, 7) is 2.65. The average molecular weight is 160 g/mol. The number of carbonyl (C=O) groups is 1. The Morgan fingerprint density at radius 2 is 2.27 bits per heavy atom. The highest BCUT2D eigenvalue weighted by molar-refractivity contribution is 5.76. The number of amides is 1. The Kier molecular flexibility index (Phi) is 5.78. The Bertz CT molecular complexity index is 115. The van der Waals surface area contributed by atoms with Crippen molar-refractivity contribution < 1.29 is 9.90 Å². The summed E-state index contributed by atoms with van der Waals surface area (Å²) < 4.78 is 0. The minimum Gasteiger partial charge on any atom is -0.392 e. The van der Waals surface area contributed by atoms with Gasteiger partial charge >= 0.3 is 0 Å². The van der Waals surface area contributed by atoms with Crippen molar-refractivity contribution in [1.29, 1.82) is 0 Å². The topological polar surface area (TPSA) is 61.4 Å². The molecule has 1 atom stereocenters. The molecule has 1 amide bonds. The lowest BCUT2D eigenvalue weighted by Crippen LogP contribution is -2.32. The molecule has 0 heterocycles. The van der Waals surface area contributed by atoms with Crippen molar-refractivity contribution in [2.45, 2.75) is 19.4 Å². The van der Waals surface area contributed by atoms with Gasteiger partial charge in [0, 0.05) is 19.5 Å². The molecular formula is C7H16N2O2. The fraction of sp³-hybridized carbons (Fsp3) is 0.857. The van der Waals surface area contributed by atoms with Crippen LogP contribution in [0.1, 0.15) is 13.3 Å². The van der Waals surface area contributed by atoms with Crippen LogP contribution in [0.15, 0.2) is 0 Å². The molecule has 0 aromatic carbocycles. The van der Waals surface area contributed by atoms with Crippen LogP contribution < -0.4 is 10.6 Å². The zero-order chi connectivity index (χ0) is 8.69. The van der Waals surface area contributed by atoms with Gasteiger partial charge in [0.15, 0.2) is 0 Å². The van der Waals surface area contributed by atoms with Crippen molar-refractivity contribution in [3.63, 3.8) is 0 Å². The Balaban J connectivity index is 3.23. The van der Waals surface area contributed by atoms with Crippen LogP contribution in [0.5, 0.6) is 0 Å². The van der Waals surface area contributed by atoms with Crippen molar-refractivity contribution in [2.24, 2.45) is 0 Å². The second kappa shape index (κ2) is 6.12. The molecule has 0 spiro atoms. The predicted octanol–water partition coefficient (Wildman–Crippen LogP) is -0.907. The van der Waals surface area contributed by atoms with E-state index in [1.807, 2.05) is 0 Å². The number of nitrogens with one attached hydrogen (secondary N) is 2. The number of rotatable bonds is 5. The molecule has 0 bridgehead atoms. The van der Waals surface area contributed by atoms with Gasteiger partial charge in [-0.15, -0.1) is 0 Å². The first-order valence-corrected chi connectivity index (χ1v) is 3.76. The number of aliphatic hydroxyl groups is 1. The lowest BCUT2D eigenvalue weighted by atomic mass is 10.3. The maximum Gasteiger partial charge on any atom is 0.221 e. The fourth-order valence-electron chi connectivity index (χ4n) is 0.588. The number of aliphatic hydroxyl groups excluding tert-OH is 1. The molecule has 0 aromatic heterocycles. The summed E-state index contributed by atoms with van der Waals surface area (Å²) in [6, 6.07) is 0. The van der Waals surface area contributed by atoms with Crippen molar-refractivity contribution in [3.05, 3.63) is 0 Å². The highest BCUT2D eigenvalue weighted by atomic mass is 16.3. The van der Waals surface area contributed by atoms with Gasteiger partial charge in [-0.3, -0.25) is 4.79 Å². The summed E-state index contributed by atoms with van der Waals surface area (Å²) in [6.07, 6.45) is -0.00279. The number of hydrogen-bond acceptors (Lipinski definition) is 3. The first-order chi connectivity index (χ1) is 5.16. The van der Waals surface area contributed by atoms with E-state index in [1.165, 1.54) is 0 Å². The Labute approximate surface area is 67.0 Å². The van der Waals surface area contributed by atoms with E-state index in [0.29, 0.717) is 19.5 Å². The summed E-state index contributed by atoms with van der Waals surface area (Å²) in [7, 11) is 1.79. The van der Waals surface area contributed by atoms with Gasteiger partial charge in [0.25, 0.3) is 0 Å². The third kappa shape index (κ3) is 7.29. The zero-order valence-corrected chi connectivity index (χ0v) is 7.05. The smallest absolute Gasteiger partial charge is 0.221 e. The molecule has 0 unspecified atom stereocenters. The summed E-state index contributed by atoms with van der Waals surface area (Å²) >= 11 is 0. The predicted molar refractivity (Wildman–Crippen MR) is 43.2 cm³/mol. The van der Waals surface area contributed by atoms with Crippen molar-refractivity contribution >= 4 is 5.91 Å². The SMILES string of the molecule is CNCCC(=O)NC[C@@H](C)O. The van der Waals surface area contributed by atoms with Crippen LogP contribution in [0, 0.1) is 0 Å². The molecular weight excluding hydrogens is 144 g/mol. The molecule has 66 valence electrons. The molecule has 4 nitrogen and oxygen atoms in total. The molecule has 0 aliphatic heterocycles. The van der Waals surface area contributed by atoms with Crippen LogP contribution in [0.3, 0.4) is 0 Å². The van der Waals surface area contributed by atoms with Crippen molar-refractivity contribution in [3.8, 4) is 0 Å². The van der Waals surface area contributed by atoms with Gasteiger partial charge in [0.05, 0.1) is 6.10 Å². The lowest BCUT2D eigenvalue weighted by molar-refractivity contribution is -0.121. The van der Waals surface area contributed by atoms with Crippen molar-refractivity contribution in [2.75, 3.05) is 20.1 Å². The molecule has 3 N–H and O–H groups in total. The van der Waals surface area contributed by atoms with Gasteiger partial charge in [-0.25, -0.2) is 0 Å². The first kappa shape index (κ1) is 10.4. The van der Waals surface area contributed by atoms with Crippen molar-refractivity contribution in [1.82, 2.24) is 10.6 Å². The molecule has 0 rings (SSSR count). The van der Waals surface area contributed by atoms with Gasteiger partial charge in [-0.2, -0.15) is 0 Å². The Hall–Kier alpha value is -0.610. The molecule has 0 aliphatic carbocycles.